The normalized spacial score (nSPS) is 32.3. The van der Waals surface area contributed by atoms with Gasteiger partial charge in [0.15, 0.2) is 0 Å². The molecular weight excluding hydrogens is 192 g/mol. The molecule has 0 aromatic carbocycles. The zero-order valence-corrected chi connectivity index (χ0v) is 11.0. The molecule has 0 aliphatic heterocycles. The van der Waals surface area contributed by atoms with Crippen LogP contribution in [-0.2, 0) is 0 Å². The molecule has 2 rings (SSSR count). The average Bonchev–Trinajstić information content (AvgIpc) is 2.82. The van der Waals surface area contributed by atoms with Crippen LogP contribution in [0.15, 0.2) is 35.5 Å². The van der Waals surface area contributed by atoms with Crippen molar-refractivity contribution in [2.75, 3.05) is 0 Å². The lowest BCUT2D eigenvalue weighted by molar-refractivity contribution is 0.467. The van der Waals surface area contributed by atoms with Crippen molar-refractivity contribution in [3.63, 3.8) is 0 Å². The van der Waals surface area contributed by atoms with E-state index in [0.717, 1.165) is 30.6 Å². The quantitative estimate of drug-likeness (QED) is 0.627. The lowest BCUT2D eigenvalue weighted by Crippen LogP contribution is -2.13. The van der Waals surface area contributed by atoms with Gasteiger partial charge in [0.2, 0.25) is 0 Å². The summed E-state index contributed by atoms with van der Waals surface area (Å²) in [5, 5.41) is 0. The SMILES string of the molecule is C=C(CC)C1=C(C(=C)CC)C2CC1CC2C. The molecule has 88 valence electrons. The second kappa shape index (κ2) is 4.24. The lowest BCUT2D eigenvalue weighted by atomic mass is 9.78. The molecule has 0 spiro atoms. The van der Waals surface area contributed by atoms with E-state index in [1.165, 1.54) is 24.0 Å². The second-order valence-electron chi connectivity index (χ2n) is 5.49. The molecule has 0 radical (unpaired) electrons. The molecule has 0 aromatic heterocycles. The van der Waals surface area contributed by atoms with Crippen LogP contribution < -0.4 is 0 Å². The van der Waals surface area contributed by atoms with Crippen molar-refractivity contribution in [1.29, 1.82) is 0 Å². The smallest absolute Gasteiger partial charge is 0.0125 e. The minimum absolute atomic E-state index is 0.788. The Morgan fingerprint density at radius 3 is 2.19 bits per heavy atom. The summed E-state index contributed by atoms with van der Waals surface area (Å²) < 4.78 is 0. The van der Waals surface area contributed by atoms with Crippen LogP contribution in [0.5, 0.6) is 0 Å². The van der Waals surface area contributed by atoms with Gasteiger partial charge >= 0.3 is 0 Å². The molecular formula is C16H24. The minimum atomic E-state index is 0.788. The highest BCUT2D eigenvalue weighted by atomic mass is 14.5. The highest BCUT2D eigenvalue weighted by molar-refractivity contribution is 5.50. The Morgan fingerprint density at radius 1 is 1.06 bits per heavy atom. The Morgan fingerprint density at radius 2 is 1.62 bits per heavy atom. The van der Waals surface area contributed by atoms with Crippen molar-refractivity contribution in [2.24, 2.45) is 17.8 Å². The van der Waals surface area contributed by atoms with Gasteiger partial charge in [-0.15, -0.1) is 0 Å². The molecule has 0 heterocycles. The molecule has 0 heteroatoms. The van der Waals surface area contributed by atoms with Crippen LogP contribution >= 0.6 is 0 Å². The van der Waals surface area contributed by atoms with Crippen LogP contribution in [-0.4, -0.2) is 0 Å². The Hall–Kier alpha value is -0.780. The van der Waals surface area contributed by atoms with Gasteiger partial charge in [-0.3, -0.25) is 0 Å². The van der Waals surface area contributed by atoms with Crippen molar-refractivity contribution in [3.05, 3.63) is 35.5 Å². The van der Waals surface area contributed by atoms with Crippen LogP contribution in [0.25, 0.3) is 0 Å². The monoisotopic (exact) mass is 216 g/mol. The number of hydrogen-bond donors (Lipinski definition) is 0. The van der Waals surface area contributed by atoms with E-state index in [1.54, 1.807) is 11.1 Å². The zero-order valence-electron chi connectivity index (χ0n) is 11.0. The fraction of sp³-hybridized carbons (Fsp3) is 0.625. The third kappa shape index (κ3) is 1.59. The molecule has 16 heavy (non-hydrogen) atoms. The zero-order chi connectivity index (χ0) is 11.9. The van der Waals surface area contributed by atoms with Crippen LogP contribution in [0.4, 0.5) is 0 Å². The highest BCUT2D eigenvalue weighted by Gasteiger charge is 2.44. The molecule has 2 aliphatic rings. The molecule has 2 bridgehead atoms. The molecule has 0 nitrogen and oxygen atoms in total. The van der Waals surface area contributed by atoms with Gasteiger partial charge in [0.1, 0.15) is 0 Å². The molecule has 0 saturated heterocycles. The molecule has 1 saturated carbocycles. The molecule has 0 N–H and O–H groups in total. The van der Waals surface area contributed by atoms with Gasteiger partial charge in [-0.05, 0) is 54.6 Å². The van der Waals surface area contributed by atoms with E-state index in [4.69, 9.17) is 0 Å². The van der Waals surface area contributed by atoms with E-state index < -0.39 is 0 Å². The van der Waals surface area contributed by atoms with E-state index in [2.05, 4.69) is 33.9 Å². The highest BCUT2D eigenvalue weighted by Crippen LogP contribution is 2.55. The van der Waals surface area contributed by atoms with Gasteiger partial charge in [0, 0.05) is 0 Å². The molecule has 0 amide bonds. The van der Waals surface area contributed by atoms with Crippen LogP contribution in [0, 0.1) is 17.8 Å². The molecule has 3 unspecified atom stereocenters. The summed E-state index contributed by atoms with van der Waals surface area (Å²) in [6.07, 6.45) is 4.92. The number of rotatable bonds is 4. The van der Waals surface area contributed by atoms with Crippen LogP contribution in [0.3, 0.4) is 0 Å². The Bertz CT molecular complexity index is 356. The average molecular weight is 216 g/mol. The summed E-state index contributed by atoms with van der Waals surface area (Å²) in [4.78, 5) is 0. The second-order valence-corrected chi connectivity index (χ2v) is 5.49. The first-order valence-electron chi connectivity index (χ1n) is 6.70. The summed E-state index contributed by atoms with van der Waals surface area (Å²) in [6, 6.07) is 0. The summed E-state index contributed by atoms with van der Waals surface area (Å²) in [7, 11) is 0. The van der Waals surface area contributed by atoms with Crippen molar-refractivity contribution in [1.82, 2.24) is 0 Å². The summed E-state index contributed by atoms with van der Waals surface area (Å²) in [5.41, 5.74) is 5.92. The Labute approximate surface area is 100 Å². The van der Waals surface area contributed by atoms with E-state index in [0.29, 0.717) is 0 Å². The van der Waals surface area contributed by atoms with E-state index in [9.17, 15) is 0 Å². The number of allylic oxidation sites excluding steroid dienone is 4. The van der Waals surface area contributed by atoms with Gasteiger partial charge in [0.25, 0.3) is 0 Å². The Kier molecular flexibility index (Phi) is 3.10. The maximum atomic E-state index is 4.28. The van der Waals surface area contributed by atoms with Crippen molar-refractivity contribution < 1.29 is 0 Å². The van der Waals surface area contributed by atoms with E-state index in [1.807, 2.05) is 0 Å². The standard InChI is InChI=1S/C16H24/c1-6-10(3)15-13-8-12(5)14(9-13)16(15)11(4)7-2/h12-14H,3-4,6-9H2,1-2,5H3. The first kappa shape index (κ1) is 11.7. The third-order valence-electron chi connectivity index (χ3n) is 4.57. The first-order chi connectivity index (χ1) is 7.60. The fourth-order valence-corrected chi connectivity index (χ4v) is 3.62. The molecule has 0 aromatic rings. The fourth-order valence-electron chi connectivity index (χ4n) is 3.62. The van der Waals surface area contributed by atoms with Crippen LogP contribution in [0.1, 0.15) is 46.5 Å². The topological polar surface area (TPSA) is 0 Å². The van der Waals surface area contributed by atoms with Crippen molar-refractivity contribution in [2.45, 2.75) is 46.5 Å². The van der Waals surface area contributed by atoms with Gasteiger partial charge < -0.3 is 0 Å². The number of fused-ring (bicyclic) bond motifs is 2. The van der Waals surface area contributed by atoms with Gasteiger partial charge in [0.05, 0.1) is 0 Å². The van der Waals surface area contributed by atoms with Gasteiger partial charge in [-0.25, -0.2) is 0 Å². The van der Waals surface area contributed by atoms with Crippen LogP contribution in [0.2, 0.25) is 0 Å². The summed E-state index contributed by atoms with van der Waals surface area (Å²) >= 11 is 0. The number of hydrogen-bond acceptors (Lipinski definition) is 0. The third-order valence-corrected chi connectivity index (χ3v) is 4.57. The van der Waals surface area contributed by atoms with Gasteiger partial charge in [-0.2, -0.15) is 0 Å². The maximum Gasteiger partial charge on any atom is -0.0125 e. The first-order valence-corrected chi connectivity index (χ1v) is 6.70. The van der Waals surface area contributed by atoms with E-state index >= 15 is 0 Å². The molecule has 3 atom stereocenters. The minimum Gasteiger partial charge on any atom is -0.0955 e. The summed E-state index contributed by atoms with van der Waals surface area (Å²) in [6.45, 7) is 15.4. The maximum absolute atomic E-state index is 4.28. The molecule has 2 aliphatic carbocycles. The largest absolute Gasteiger partial charge is 0.0955 e. The van der Waals surface area contributed by atoms with Crippen molar-refractivity contribution in [3.8, 4) is 0 Å². The Balaban J connectivity index is 2.42. The lowest BCUT2D eigenvalue weighted by Gasteiger charge is -2.26. The summed E-state index contributed by atoms with van der Waals surface area (Å²) in [5.74, 6) is 2.44. The van der Waals surface area contributed by atoms with Gasteiger partial charge in [-0.1, -0.05) is 45.1 Å². The molecule has 1 fully saturated rings. The van der Waals surface area contributed by atoms with E-state index in [-0.39, 0.29) is 0 Å². The predicted molar refractivity (Wildman–Crippen MR) is 71.3 cm³/mol. The predicted octanol–water partition coefficient (Wildman–Crippen LogP) is 4.89. The van der Waals surface area contributed by atoms with Crippen molar-refractivity contribution >= 4 is 0 Å².